The number of carbonyl (C=O) groups excluding carboxylic acids is 1. The lowest BCUT2D eigenvalue weighted by molar-refractivity contribution is -0.117. The third-order valence-corrected chi connectivity index (χ3v) is 5.59. The van der Waals surface area contributed by atoms with Gasteiger partial charge in [0.15, 0.2) is 11.5 Å². The fraction of sp³-hybridized carbons (Fsp3) is 0.250. The molecule has 0 spiro atoms. The van der Waals surface area contributed by atoms with E-state index in [2.05, 4.69) is 10.3 Å². The summed E-state index contributed by atoms with van der Waals surface area (Å²) in [4.78, 5) is 16.8. The molecule has 1 aliphatic heterocycles. The fourth-order valence-corrected chi connectivity index (χ4v) is 3.78. The Morgan fingerprint density at radius 3 is 2.87 bits per heavy atom. The lowest BCUT2D eigenvalue weighted by Crippen LogP contribution is -2.25. The van der Waals surface area contributed by atoms with E-state index in [0.29, 0.717) is 25.6 Å². The van der Waals surface area contributed by atoms with Crippen molar-refractivity contribution in [1.82, 2.24) is 10.3 Å². The van der Waals surface area contributed by atoms with Crippen LogP contribution in [0.5, 0.6) is 17.2 Å². The second kappa shape index (κ2) is 9.66. The molecule has 0 bridgehead atoms. The van der Waals surface area contributed by atoms with Crippen LogP contribution in [-0.4, -0.2) is 24.1 Å². The molecule has 0 aliphatic carbocycles. The number of fused-ring (bicyclic) bond motifs is 1. The van der Waals surface area contributed by atoms with Crippen molar-refractivity contribution in [2.24, 2.45) is 0 Å². The molecular weight excluding hydrogens is 412 g/mol. The summed E-state index contributed by atoms with van der Waals surface area (Å²) in [6.07, 6.45) is 3.29. The van der Waals surface area contributed by atoms with Crippen LogP contribution in [0.1, 0.15) is 34.8 Å². The molecule has 31 heavy (non-hydrogen) atoms. The number of thiazole rings is 1. The number of hydrogen-bond acceptors (Lipinski definition) is 6. The van der Waals surface area contributed by atoms with Crippen molar-refractivity contribution in [3.8, 4) is 17.2 Å². The molecular formula is C24H24N2O4S. The first-order valence-electron chi connectivity index (χ1n) is 10.1. The van der Waals surface area contributed by atoms with Crippen molar-refractivity contribution in [2.45, 2.75) is 26.5 Å². The largest absolute Gasteiger partial charge is 0.487 e. The molecule has 0 saturated heterocycles. The Hall–Kier alpha value is -3.32. The Morgan fingerprint density at radius 2 is 2.06 bits per heavy atom. The molecule has 1 atom stereocenters. The Morgan fingerprint density at radius 1 is 1.23 bits per heavy atom. The van der Waals surface area contributed by atoms with Gasteiger partial charge in [0, 0.05) is 11.5 Å². The summed E-state index contributed by atoms with van der Waals surface area (Å²) in [6.45, 7) is 5.42. The molecule has 7 heteroatoms. The number of nitrogens with zero attached hydrogens (tertiary/aromatic N) is 1. The second-order valence-electron chi connectivity index (χ2n) is 7.19. The Bertz CT molecular complexity index is 1090. The number of amides is 1. The zero-order chi connectivity index (χ0) is 21.6. The summed E-state index contributed by atoms with van der Waals surface area (Å²) in [5.41, 5.74) is 2.75. The average molecular weight is 437 g/mol. The van der Waals surface area contributed by atoms with Crippen LogP contribution in [0.25, 0.3) is 6.08 Å². The number of benzene rings is 2. The van der Waals surface area contributed by atoms with Gasteiger partial charge in [-0.3, -0.25) is 4.79 Å². The minimum Gasteiger partial charge on any atom is -0.487 e. The van der Waals surface area contributed by atoms with Gasteiger partial charge < -0.3 is 19.5 Å². The smallest absolute Gasteiger partial charge is 0.244 e. The molecule has 1 unspecified atom stereocenters. The third kappa shape index (κ3) is 5.64. The van der Waals surface area contributed by atoms with Crippen molar-refractivity contribution >= 4 is 23.3 Å². The topological polar surface area (TPSA) is 69.7 Å². The van der Waals surface area contributed by atoms with E-state index in [4.69, 9.17) is 14.2 Å². The molecule has 1 aromatic heterocycles. The summed E-state index contributed by atoms with van der Waals surface area (Å²) in [5, 5.41) is 5.99. The van der Waals surface area contributed by atoms with E-state index in [1.165, 1.54) is 6.08 Å². The van der Waals surface area contributed by atoms with Crippen molar-refractivity contribution < 1.29 is 19.0 Å². The van der Waals surface area contributed by atoms with Crippen molar-refractivity contribution in [1.29, 1.82) is 0 Å². The molecule has 160 valence electrons. The van der Waals surface area contributed by atoms with E-state index in [0.717, 1.165) is 33.3 Å². The van der Waals surface area contributed by atoms with Crippen LogP contribution in [0.2, 0.25) is 0 Å². The van der Waals surface area contributed by atoms with Crippen LogP contribution < -0.4 is 19.5 Å². The molecule has 1 N–H and O–H groups in total. The molecule has 2 heterocycles. The van der Waals surface area contributed by atoms with E-state index in [1.54, 1.807) is 17.4 Å². The summed E-state index contributed by atoms with van der Waals surface area (Å²) in [7, 11) is 0. The minimum atomic E-state index is -0.174. The summed E-state index contributed by atoms with van der Waals surface area (Å²) >= 11 is 1.60. The van der Waals surface area contributed by atoms with E-state index in [9.17, 15) is 4.79 Å². The molecule has 3 aromatic rings. The number of aryl methyl sites for hydroxylation is 1. The number of hydrogen-bond donors (Lipinski definition) is 1. The van der Waals surface area contributed by atoms with Crippen LogP contribution >= 0.6 is 11.3 Å². The number of nitrogens with one attached hydrogen (secondary N) is 1. The lowest BCUT2D eigenvalue weighted by atomic mass is 10.1. The third-order valence-electron chi connectivity index (χ3n) is 4.76. The highest BCUT2D eigenvalue weighted by molar-refractivity contribution is 7.09. The number of rotatable bonds is 7. The second-order valence-corrected chi connectivity index (χ2v) is 8.25. The SMILES string of the molecule is Cc1nc(COc2cccc(/C=C/C(=O)NC(C)c3ccc4c(c3)OCCO4)c2)cs1. The highest BCUT2D eigenvalue weighted by Crippen LogP contribution is 2.32. The molecule has 0 fully saturated rings. The van der Waals surface area contributed by atoms with Gasteiger partial charge in [0.05, 0.1) is 16.7 Å². The number of aromatic nitrogens is 1. The van der Waals surface area contributed by atoms with E-state index < -0.39 is 0 Å². The fourth-order valence-electron chi connectivity index (χ4n) is 3.19. The first kappa shape index (κ1) is 20.9. The van der Waals surface area contributed by atoms with Crippen molar-refractivity contribution in [3.63, 3.8) is 0 Å². The molecule has 1 amide bonds. The highest BCUT2D eigenvalue weighted by atomic mass is 32.1. The van der Waals surface area contributed by atoms with Gasteiger partial charge in [0.2, 0.25) is 5.91 Å². The van der Waals surface area contributed by atoms with Gasteiger partial charge in [-0.25, -0.2) is 4.98 Å². The molecule has 1 aliphatic rings. The van der Waals surface area contributed by atoms with Gasteiger partial charge in [-0.15, -0.1) is 11.3 Å². The molecule has 0 saturated carbocycles. The minimum absolute atomic E-state index is 0.163. The first-order valence-corrected chi connectivity index (χ1v) is 11.0. The Kier molecular flexibility index (Phi) is 6.52. The summed E-state index contributed by atoms with van der Waals surface area (Å²) < 4.78 is 17.0. The normalized spacial score (nSPS) is 13.7. The Balaban J connectivity index is 1.33. The van der Waals surface area contributed by atoms with Crippen molar-refractivity contribution in [2.75, 3.05) is 13.2 Å². The van der Waals surface area contributed by atoms with E-state index in [-0.39, 0.29) is 11.9 Å². The van der Waals surface area contributed by atoms with Crippen LogP contribution in [0.3, 0.4) is 0 Å². The van der Waals surface area contributed by atoms with Crippen molar-refractivity contribution in [3.05, 3.63) is 75.7 Å². The average Bonchev–Trinajstić information content (AvgIpc) is 3.21. The monoisotopic (exact) mass is 436 g/mol. The summed E-state index contributed by atoms with van der Waals surface area (Å²) in [6, 6.07) is 13.2. The maximum absolute atomic E-state index is 12.4. The zero-order valence-corrected chi connectivity index (χ0v) is 18.3. The highest BCUT2D eigenvalue weighted by Gasteiger charge is 2.15. The quantitative estimate of drug-likeness (QED) is 0.544. The predicted molar refractivity (Wildman–Crippen MR) is 121 cm³/mol. The molecule has 0 radical (unpaired) electrons. The first-order chi connectivity index (χ1) is 15.1. The van der Waals surface area contributed by atoms with Crippen LogP contribution in [-0.2, 0) is 11.4 Å². The zero-order valence-electron chi connectivity index (χ0n) is 17.5. The van der Waals surface area contributed by atoms with E-state index >= 15 is 0 Å². The molecule has 6 nitrogen and oxygen atoms in total. The molecule has 2 aromatic carbocycles. The van der Waals surface area contributed by atoms with Gasteiger partial charge in [-0.1, -0.05) is 18.2 Å². The van der Waals surface area contributed by atoms with Gasteiger partial charge in [0.1, 0.15) is 25.6 Å². The van der Waals surface area contributed by atoms with Crippen LogP contribution in [0.4, 0.5) is 0 Å². The maximum atomic E-state index is 12.4. The number of carbonyl (C=O) groups is 1. The predicted octanol–water partition coefficient (Wildman–Crippen LogP) is 4.69. The van der Waals surface area contributed by atoms with E-state index in [1.807, 2.05) is 61.7 Å². The Labute approximate surface area is 185 Å². The lowest BCUT2D eigenvalue weighted by Gasteiger charge is -2.20. The van der Waals surface area contributed by atoms with Gasteiger partial charge in [-0.05, 0) is 55.3 Å². The van der Waals surface area contributed by atoms with Gasteiger partial charge in [-0.2, -0.15) is 0 Å². The summed E-state index contributed by atoms with van der Waals surface area (Å²) in [5.74, 6) is 2.01. The number of ether oxygens (including phenoxy) is 3. The van der Waals surface area contributed by atoms with Crippen LogP contribution in [0, 0.1) is 6.92 Å². The molecule has 4 rings (SSSR count). The van der Waals surface area contributed by atoms with Gasteiger partial charge in [0.25, 0.3) is 0 Å². The maximum Gasteiger partial charge on any atom is 0.244 e. The standard InChI is InChI=1S/C24H24N2O4S/c1-16(19-7-8-22-23(13-19)29-11-10-28-22)25-24(27)9-6-18-4-3-5-21(12-18)30-14-20-15-31-17(2)26-20/h3-9,12-13,15-16H,10-11,14H2,1-2H3,(H,25,27)/b9-6+. The van der Waals surface area contributed by atoms with Crippen LogP contribution in [0.15, 0.2) is 53.9 Å². The van der Waals surface area contributed by atoms with Gasteiger partial charge >= 0.3 is 0 Å².